The number of nitriles is 1. The highest BCUT2D eigenvalue weighted by atomic mass is 35.5. The summed E-state index contributed by atoms with van der Waals surface area (Å²) >= 11 is 12.6. The van der Waals surface area contributed by atoms with Crippen LogP contribution in [0.1, 0.15) is 41.7 Å². The molecule has 2 heterocycles. The fourth-order valence-electron chi connectivity index (χ4n) is 5.45. The lowest BCUT2D eigenvalue weighted by molar-refractivity contribution is 0.0917. The van der Waals surface area contributed by atoms with E-state index in [0.717, 1.165) is 30.0 Å². The molecule has 1 N–H and O–H groups in total. The van der Waals surface area contributed by atoms with Gasteiger partial charge in [-0.3, -0.25) is 4.79 Å². The number of hydrogen-bond donors (Lipinski definition) is 1. The van der Waals surface area contributed by atoms with Crippen LogP contribution < -0.4 is 10.1 Å². The minimum absolute atomic E-state index is 0.0108. The van der Waals surface area contributed by atoms with Crippen molar-refractivity contribution in [2.75, 3.05) is 0 Å². The predicted molar refractivity (Wildman–Crippen MR) is 137 cm³/mol. The summed E-state index contributed by atoms with van der Waals surface area (Å²) in [6.07, 6.45) is 6.15. The van der Waals surface area contributed by atoms with Crippen molar-refractivity contribution >= 4 is 39.9 Å². The second kappa shape index (κ2) is 9.12. The molecule has 0 radical (unpaired) electrons. The molecule has 0 spiro atoms. The summed E-state index contributed by atoms with van der Waals surface area (Å²) < 4.78 is 7.49. The normalized spacial score (nSPS) is 20.4. The van der Waals surface area contributed by atoms with E-state index in [1.807, 2.05) is 24.3 Å². The van der Waals surface area contributed by atoms with Gasteiger partial charge >= 0.3 is 0 Å². The molecule has 2 fully saturated rings. The van der Waals surface area contributed by atoms with Crippen molar-refractivity contribution in [3.8, 4) is 23.5 Å². The third kappa shape index (κ3) is 4.06. The molecule has 2 aromatic heterocycles. The first-order valence-electron chi connectivity index (χ1n) is 11.8. The number of halogens is 2. The third-order valence-corrected chi connectivity index (χ3v) is 7.71. The van der Waals surface area contributed by atoms with E-state index in [4.69, 9.17) is 27.9 Å². The first kappa shape index (κ1) is 22.8. The van der Waals surface area contributed by atoms with E-state index in [0.29, 0.717) is 27.6 Å². The number of nitrogens with zero attached hydrogens (tertiary/aromatic N) is 4. The lowest BCUT2D eigenvalue weighted by atomic mass is 9.95. The van der Waals surface area contributed by atoms with Gasteiger partial charge in [0.15, 0.2) is 5.69 Å². The Morgan fingerprint density at radius 3 is 2.67 bits per heavy atom. The van der Waals surface area contributed by atoms with E-state index >= 15 is 0 Å². The smallest absolute Gasteiger partial charge is 0.273 e. The van der Waals surface area contributed by atoms with Crippen LogP contribution in [0.5, 0.6) is 11.8 Å². The molecule has 3 atom stereocenters. The van der Waals surface area contributed by atoms with Gasteiger partial charge in [0.2, 0.25) is 11.8 Å². The van der Waals surface area contributed by atoms with Gasteiger partial charge < -0.3 is 10.1 Å². The number of carbonyl (C=O) groups is 1. The second-order valence-corrected chi connectivity index (χ2v) is 10.2. The molecule has 180 valence electrons. The van der Waals surface area contributed by atoms with Gasteiger partial charge in [-0.1, -0.05) is 53.9 Å². The summed E-state index contributed by atoms with van der Waals surface area (Å²) in [4.78, 5) is 17.7. The van der Waals surface area contributed by atoms with E-state index in [2.05, 4.69) is 21.5 Å². The molecule has 2 aliphatic carbocycles. The zero-order chi connectivity index (χ0) is 24.8. The fraction of sp³-hybridized carbons (Fsp3) is 0.259. The fourth-order valence-corrected chi connectivity index (χ4v) is 5.94. The highest BCUT2D eigenvalue weighted by molar-refractivity contribution is 6.35. The summed E-state index contributed by atoms with van der Waals surface area (Å²) in [6.45, 7) is 0. The lowest BCUT2D eigenvalue weighted by Crippen LogP contribution is -2.39. The van der Waals surface area contributed by atoms with Crippen LogP contribution in [0.4, 0.5) is 0 Å². The first-order valence-corrected chi connectivity index (χ1v) is 12.6. The lowest BCUT2D eigenvalue weighted by Gasteiger charge is -2.22. The Bertz CT molecular complexity index is 1540. The Morgan fingerprint density at radius 2 is 1.94 bits per heavy atom. The van der Waals surface area contributed by atoms with Gasteiger partial charge in [0.25, 0.3) is 5.91 Å². The van der Waals surface area contributed by atoms with Crippen LogP contribution in [0.25, 0.3) is 16.5 Å². The van der Waals surface area contributed by atoms with Crippen LogP contribution in [0.2, 0.25) is 10.0 Å². The number of nitrogens with one attached hydrogen (secondary N) is 1. The largest absolute Gasteiger partial charge is 0.419 e. The molecule has 0 saturated heterocycles. The number of ether oxygens (including phenoxy) is 1. The number of rotatable bonds is 5. The molecule has 9 heteroatoms. The Labute approximate surface area is 217 Å². The van der Waals surface area contributed by atoms with Gasteiger partial charge in [-0.25, -0.2) is 4.98 Å². The topological polar surface area (TPSA) is 92.8 Å². The van der Waals surface area contributed by atoms with Crippen molar-refractivity contribution in [2.45, 2.75) is 31.7 Å². The van der Waals surface area contributed by atoms with Crippen LogP contribution in [-0.2, 0) is 0 Å². The number of carbonyl (C=O) groups excluding carboxylic acids is 1. The Hall–Kier alpha value is -3.60. The highest BCUT2D eigenvalue weighted by Crippen LogP contribution is 2.44. The SMILES string of the molecule is N#Cc1c(C(=O)NC2CC3CCC2C3)nn(-c2ccc(Cl)cc2Cl)c1Oc1cc2ccccc2cn1. The number of benzene rings is 2. The standard InChI is InChI=1S/C27H21Cl2N5O2/c28-19-7-8-23(21(29)12-19)34-27(36-24-11-16-3-1-2-4-18(16)14-31-24)20(13-30)25(33-34)26(35)32-22-10-15-5-6-17(22)9-15/h1-4,7-8,11-12,14-15,17,22H,5-6,9-10H2,(H,32,35). The Morgan fingerprint density at radius 1 is 1.11 bits per heavy atom. The maximum atomic E-state index is 13.4. The van der Waals surface area contributed by atoms with E-state index in [1.165, 1.54) is 11.1 Å². The minimum Gasteiger partial charge on any atom is -0.419 e. The van der Waals surface area contributed by atoms with Crippen molar-refractivity contribution < 1.29 is 9.53 Å². The van der Waals surface area contributed by atoms with E-state index in [9.17, 15) is 10.1 Å². The molecular formula is C27H21Cl2N5O2. The van der Waals surface area contributed by atoms with E-state index in [-0.39, 0.29) is 29.1 Å². The molecule has 2 saturated carbocycles. The van der Waals surface area contributed by atoms with Crippen LogP contribution >= 0.6 is 23.2 Å². The van der Waals surface area contributed by atoms with Crippen LogP contribution in [0.15, 0.2) is 54.7 Å². The number of pyridine rings is 1. The van der Waals surface area contributed by atoms with Gasteiger partial charge in [0.1, 0.15) is 11.6 Å². The average Bonchev–Trinajstić information content (AvgIpc) is 3.59. The monoisotopic (exact) mass is 517 g/mol. The number of fused-ring (bicyclic) bond motifs is 3. The van der Waals surface area contributed by atoms with Crippen LogP contribution in [-0.4, -0.2) is 26.7 Å². The molecule has 36 heavy (non-hydrogen) atoms. The van der Waals surface area contributed by atoms with Crippen molar-refractivity contribution in [2.24, 2.45) is 11.8 Å². The Kier molecular flexibility index (Phi) is 5.79. The molecule has 1 amide bonds. The molecule has 2 aliphatic rings. The molecule has 4 aromatic rings. The maximum Gasteiger partial charge on any atom is 0.273 e. The molecule has 2 aromatic carbocycles. The van der Waals surface area contributed by atoms with E-state index < -0.39 is 5.91 Å². The first-order chi connectivity index (χ1) is 17.5. The number of aromatic nitrogens is 3. The zero-order valence-corrected chi connectivity index (χ0v) is 20.6. The van der Waals surface area contributed by atoms with Gasteiger partial charge in [-0.05, 0) is 54.7 Å². The van der Waals surface area contributed by atoms with Crippen molar-refractivity contribution in [1.82, 2.24) is 20.1 Å². The molecule has 0 aliphatic heterocycles. The minimum atomic E-state index is -0.399. The van der Waals surface area contributed by atoms with Gasteiger partial charge in [-0.15, -0.1) is 0 Å². The highest BCUT2D eigenvalue weighted by Gasteiger charge is 2.41. The second-order valence-electron chi connectivity index (χ2n) is 9.37. The molecule has 7 nitrogen and oxygen atoms in total. The van der Waals surface area contributed by atoms with Crippen molar-refractivity contribution in [1.29, 1.82) is 5.26 Å². The van der Waals surface area contributed by atoms with Gasteiger partial charge in [0, 0.05) is 28.7 Å². The number of hydrogen-bond acceptors (Lipinski definition) is 5. The summed E-state index contributed by atoms with van der Waals surface area (Å²) in [6, 6.07) is 16.6. The summed E-state index contributed by atoms with van der Waals surface area (Å²) in [7, 11) is 0. The Balaban J connectivity index is 1.42. The molecule has 6 rings (SSSR count). The maximum absolute atomic E-state index is 13.4. The van der Waals surface area contributed by atoms with E-state index in [1.54, 1.807) is 30.5 Å². The van der Waals surface area contributed by atoms with Gasteiger partial charge in [-0.2, -0.15) is 15.0 Å². The third-order valence-electron chi connectivity index (χ3n) is 7.17. The van der Waals surface area contributed by atoms with Gasteiger partial charge in [0.05, 0.1) is 10.7 Å². The summed E-state index contributed by atoms with van der Waals surface area (Å²) in [5.74, 6) is 1.07. The van der Waals surface area contributed by atoms with Crippen molar-refractivity contribution in [3.63, 3.8) is 0 Å². The molecule has 2 bridgehead atoms. The average molecular weight is 518 g/mol. The van der Waals surface area contributed by atoms with Crippen LogP contribution in [0, 0.1) is 23.2 Å². The molecular weight excluding hydrogens is 497 g/mol. The summed E-state index contributed by atoms with van der Waals surface area (Å²) in [5.41, 5.74) is 0.422. The van der Waals surface area contributed by atoms with Crippen molar-refractivity contribution in [3.05, 3.63) is 76.0 Å². The predicted octanol–water partition coefficient (Wildman–Crippen LogP) is 6.31. The van der Waals surface area contributed by atoms with Crippen LogP contribution in [0.3, 0.4) is 0 Å². The quantitative estimate of drug-likeness (QED) is 0.334. The number of amides is 1. The summed E-state index contributed by atoms with van der Waals surface area (Å²) in [5, 5.41) is 20.3. The molecule has 3 unspecified atom stereocenters. The zero-order valence-electron chi connectivity index (χ0n) is 19.1.